The summed E-state index contributed by atoms with van der Waals surface area (Å²) in [6, 6.07) is 15.2. The summed E-state index contributed by atoms with van der Waals surface area (Å²) in [6.07, 6.45) is 5.06. The number of aryl methyl sites for hydroxylation is 1. The second-order valence-corrected chi connectivity index (χ2v) is 10.3. The van der Waals surface area contributed by atoms with Crippen molar-refractivity contribution in [1.29, 1.82) is 0 Å². The Bertz CT molecular complexity index is 1530. The lowest BCUT2D eigenvalue weighted by Crippen LogP contribution is -2.42. The number of nitrogens with one attached hydrogen (secondary N) is 1. The Kier molecular flexibility index (Phi) is 5.62. The number of ether oxygens (including phenoxy) is 5. The number of hydrogen-bond donors (Lipinski definition) is 1. The molecule has 0 saturated carbocycles. The van der Waals surface area contributed by atoms with Gasteiger partial charge in [-0.05, 0) is 77.9 Å². The van der Waals surface area contributed by atoms with E-state index in [0.717, 1.165) is 66.6 Å². The molecule has 0 spiro atoms. The molecule has 3 aliphatic heterocycles. The van der Waals surface area contributed by atoms with Gasteiger partial charge in [-0.15, -0.1) is 0 Å². The Morgan fingerprint density at radius 2 is 1.82 bits per heavy atom. The van der Waals surface area contributed by atoms with Crippen LogP contribution in [0.25, 0.3) is 10.9 Å². The van der Waals surface area contributed by atoms with Crippen molar-refractivity contribution in [2.75, 3.05) is 34.7 Å². The van der Waals surface area contributed by atoms with Gasteiger partial charge in [0, 0.05) is 47.7 Å². The van der Waals surface area contributed by atoms with Gasteiger partial charge < -0.3 is 28.7 Å². The molecule has 3 aliphatic rings. The van der Waals surface area contributed by atoms with Crippen LogP contribution in [0.2, 0.25) is 0 Å². The number of aromatic nitrogens is 1. The minimum absolute atomic E-state index is 0.249. The molecule has 0 fully saturated rings. The molecule has 1 N–H and O–H groups in total. The molecule has 0 aliphatic carbocycles. The van der Waals surface area contributed by atoms with E-state index in [1.54, 1.807) is 21.3 Å². The van der Waals surface area contributed by atoms with Gasteiger partial charge in [-0.25, -0.2) is 0 Å². The first-order valence-electron chi connectivity index (χ1n) is 13.2. The fraction of sp³-hybridized carbons (Fsp3) is 0.355. The lowest BCUT2D eigenvalue weighted by molar-refractivity contribution is 0.127. The molecule has 7 nitrogen and oxygen atoms in total. The maximum absolute atomic E-state index is 5.92. The monoisotopic (exact) mass is 512 g/mol. The Hall–Kier alpha value is -3.84. The van der Waals surface area contributed by atoms with Crippen LogP contribution in [-0.4, -0.2) is 44.6 Å². The second-order valence-electron chi connectivity index (χ2n) is 10.3. The van der Waals surface area contributed by atoms with E-state index in [1.807, 2.05) is 6.07 Å². The molecule has 2 atom stereocenters. The van der Waals surface area contributed by atoms with E-state index in [0.29, 0.717) is 6.79 Å². The summed E-state index contributed by atoms with van der Waals surface area (Å²) in [4.78, 5) is 6.06. The van der Waals surface area contributed by atoms with Gasteiger partial charge in [0.1, 0.15) is 5.75 Å². The summed E-state index contributed by atoms with van der Waals surface area (Å²) in [7, 11) is 5.16. The van der Waals surface area contributed by atoms with Crippen molar-refractivity contribution < 1.29 is 23.7 Å². The molecule has 38 heavy (non-hydrogen) atoms. The highest BCUT2D eigenvalue weighted by molar-refractivity contribution is 5.84. The average Bonchev–Trinajstić information content (AvgIpc) is 3.59. The highest BCUT2D eigenvalue weighted by atomic mass is 16.7. The zero-order chi connectivity index (χ0) is 25.8. The molecule has 196 valence electrons. The standard InChI is InChI=1S/C31H32N2O5/c1-34-20-5-8-26-23(13-20)19(15-32-26)4-6-22-21-7-9-27(35-2)31(36-3)25(21)16-33-11-10-18-12-28-29(38-17-37-28)14-24(18)30(22)33/h5,7-9,12-15,22,30,32H,4,6,10-11,16-17H2,1-3H3. The molecular weight excluding hydrogens is 480 g/mol. The van der Waals surface area contributed by atoms with E-state index in [2.05, 4.69) is 52.5 Å². The summed E-state index contributed by atoms with van der Waals surface area (Å²) < 4.78 is 28.6. The van der Waals surface area contributed by atoms with Gasteiger partial charge in [0.2, 0.25) is 6.79 Å². The van der Waals surface area contributed by atoms with Gasteiger partial charge in [0.05, 0.1) is 21.3 Å². The van der Waals surface area contributed by atoms with Gasteiger partial charge in [0.25, 0.3) is 0 Å². The highest BCUT2D eigenvalue weighted by Gasteiger charge is 2.41. The fourth-order valence-corrected chi connectivity index (χ4v) is 6.75. The topological polar surface area (TPSA) is 65.2 Å². The number of rotatable bonds is 6. The Morgan fingerprint density at radius 1 is 0.947 bits per heavy atom. The summed E-state index contributed by atoms with van der Waals surface area (Å²) in [5.74, 6) is 4.50. The van der Waals surface area contributed by atoms with Gasteiger partial charge in [-0.2, -0.15) is 0 Å². The summed E-state index contributed by atoms with van der Waals surface area (Å²) >= 11 is 0. The second kappa shape index (κ2) is 9.17. The van der Waals surface area contributed by atoms with Crippen molar-refractivity contribution in [1.82, 2.24) is 9.88 Å². The van der Waals surface area contributed by atoms with Crippen LogP contribution in [-0.2, 0) is 19.4 Å². The van der Waals surface area contributed by atoms with Gasteiger partial charge >= 0.3 is 0 Å². The largest absolute Gasteiger partial charge is 0.497 e. The Labute approximate surface area is 222 Å². The third kappa shape index (κ3) is 3.60. The Balaban J connectivity index is 1.32. The number of nitrogens with zero attached hydrogens (tertiary/aromatic N) is 1. The van der Waals surface area contributed by atoms with E-state index >= 15 is 0 Å². The number of hydrogen-bond acceptors (Lipinski definition) is 6. The number of H-pyrrole nitrogens is 1. The first kappa shape index (κ1) is 23.3. The SMILES string of the molecule is COc1ccc2[nH]cc(CCC3c4ccc(OC)c(OC)c4CN4CCc5cc6c(cc5C34)OCO6)c2c1. The van der Waals surface area contributed by atoms with Crippen LogP contribution in [0.1, 0.15) is 46.2 Å². The first-order valence-corrected chi connectivity index (χ1v) is 13.2. The summed E-state index contributed by atoms with van der Waals surface area (Å²) in [5, 5.41) is 1.22. The van der Waals surface area contributed by atoms with Crippen LogP contribution < -0.4 is 23.7 Å². The maximum Gasteiger partial charge on any atom is 0.231 e. The van der Waals surface area contributed by atoms with Crippen LogP contribution in [0.5, 0.6) is 28.7 Å². The minimum Gasteiger partial charge on any atom is -0.497 e. The Morgan fingerprint density at radius 3 is 2.63 bits per heavy atom. The van der Waals surface area contributed by atoms with E-state index in [9.17, 15) is 0 Å². The number of benzene rings is 3. The molecule has 0 saturated heterocycles. The molecule has 4 heterocycles. The minimum atomic E-state index is 0.249. The van der Waals surface area contributed by atoms with Gasteiger partial charge in [0.15, 0.2) is 23.0 Å². The van der Waals surface area contributed by atoms with Crippen molar-refractivity contribution in [3.8, 4) is 28.7 Å². The molecule has 0 radical (unpaired) electrons. The summed E-state index contributed by atoms with van der Waals surface area (Å²) in [5.41, 5.74) is 7.73. The number of methoxy groups -OCH3 is 3. The molecule has 0 bridgehead atoms. The molecule has 7 heteroatoms. The van der Waals surface area contributed by atoms with E-state index in [4.69, 9.17) is 23.7 Å². The van der Waals surface area contributed by atoms with E-state index in [1.165, 1.54) is 33.2 Å². The molecule has 4 aromatic rings. The number of fused-ring (bicyclic) bond motifs is 6. The van der Waals surface area contributed by atoms with Crippen molar-refractivity contribution >= 4 is 10.9 Å². The quantitative estimate of drug-likeness (QED) is 0.355. The zero-order valence-corrected chi connectivity index (χ0v) is 22.0. The predicted molar refractivity (Wildman–Crippen MR) is 145 cm³/mol. The number of aromatic amines is 1. The summed E-state index contributed by atoms with van der Waals surface area (Å²) in [6.45, 7) is 2.10. The third-order valence-electron chi connectivity index (χ3n) is 8.54. The van der Waals surface area contributed by atoms with Crippen LogP contribution >= 0.6 is 0 Å². The van der Waals surface area contributed by atoms with Gasteiger partial charge in [-0.3, -0.25) is 4.90 Å². The normalized spacial score (nSPS) is 19.6. The van der Waals surface area contributed by atoms with E-state index in [-0.39, 0.29) is 12.0 Å². The highest BCUT2D eigenvalue weighted by Crippen LogP contribution is 2.53. The van der Waals surface area contributed by atoms with Crippen LogP contribution in [0, 0.1) is 0 Å². The maximum atomic E-state index is 5.92. The molecule has 7 rings (SSSR count). The molecule has 1 aromatic heterocycles. The van der Waals surface area contributed by atoms with E-state index < -0.39 is 0 Å². The molecule has 0 amide bonds. The molecule has 2 unspecified atom stereocenters. The van der Waals surface area contributed by atoms with Crippen molar-refractivity contribution in [3.63, 3.8) is 0 Å². The van der Waals surface area contributed by atoms with Crippen molar-refractivity contribution in [3.05, 3.63) is 76.5 Å². The van der Waals surface area contributed by atoms with Crippen LogP contribution in [0.3, 0.4) is 0 Å². The van der Waals surface area contributed by atoms with Gasteiger partial charge in [-0.1, -0.05) is 6.07 Å². The zero-order valence-electron chi connectivity index (χ0n) is 22.0. The van der Waals surface area contributed by atoms with Crippen LogP contribution in [0.15, 0.2) is 48.7 Å². The fourth-order valence-electron chi connectivity index (χ4n) is 6.75. The average molecular weight is 513 g/mol. The third-order valence-corrected chi connectivity index (χ3v) is 8.54. The molecular formula is C31H32N2O5. The lowest BCUT2D eigenvalue weighted by atomic mass is 9.74. The van der Waals surface area contributed by atoms with Crippen molar-refractivity contribution in [2.45, 2.75) is 37.8 Å². The van der Waals surface area contributed by atoms with Crippen LogP contribution in [0.4, 0.5) is 0 Å². The lowest BCUT2D eigenvalue weighted by Gasteiger charge is -2.46. The smallest absolute Gasteiger partial charge is 0.231 e. The van der Waals surface area contributed by atoms with Crippen molar-refractivity contribution in [2.24, 2.45) is 0 Å². The molecule has 3 aromatic carbocycles. The predicted octanol–water partition coefficient (Wildman–Crippen LogP) is 5.75. The first-order chi connectivity index (χ1) is 18.7.